The second-order valence-electron chi connectivity index (χ2n) is 5.19. The summed E-state index contributed by atoms with van der Waals surface area (Å²) in [6, 6.07) is 18.0. The van der Waals surface area contributed by atoms with E-state index in [2.05, 4.69) is 52.1 Å². The van der Waals surface area contributed by atoms with Gasteiger partial charge in [-0.05, 0) is 25.1 Å². The van der Waals surface area contributed by atoms with Crippen LogP contribution in [0.1, 0.15) is 22.3 Å². The first kappa shape index (κ1) is 15.9. The first-order valence-corrected chi connectivity index (χ1v) is 7.96. The van der Waals surface area contributed by atoms with Gasteiger partial charge in [0.05, 0.1) is 0 Å². The maximum Gasteiger partial charge on any atom is 0.165 e. The van der Waals surface area contributed by atoms with Crippen LogP contribution in [0.25, 0.3) is 0 Å². The van der Waals surface area contributed by atoms with Crippen molar-refractivity contribution in [1.29, 1.82) is 0 Å². The van der Waals surface area contributed by atoms with Crippen LogP contribution in [0.3, 0.4) is 0 Å². The van der Waals surface area contributed by atoms with Crippen molar-refractivity contribution in [2.45, 2.75) is 12.8 Å². The molecule has 0 amide bonds. The van der Waals surface area contributed by atoms with Crippen molar-refractivity contribution in [1.82, 2.24) is 4.90 Å². The van der Waals surface area contributed by atoms with E-state index in [0.717, 1.165) is 29.5 Å². The van der Waals surface area contributed by atoms with E-state index in [0.29, 0.717) is 6.42 Å². The fraction of sp³-hybridized carbons (Fsp3) is 0.278. The maximum absolute atomic E-state index is 12.2. The van der Waals surface area contributed by atoms with Gasteiger partial charge < -0.3 is 4.90 Å². The van der Waals surface area contributed by atoms with E-state index in [4.69, 9.17) is 0 Å². The minimum Gasteiger partial charge on any atom is -0.306 e. The van der Waals surface area contributed by atoms with Crippen LogP contribution in [0.2, 0.25) is 0 Å². The summed E-state index contributed by atoms with van der Waals surface area (Å²) in [6.07, 6.45) is 1.56. The smallest absolute Gasteiger partial charge is 0.165 e. The fourth-order valence-corrected chi connectivity index (χ4v) is 2.70. The van der Waals surface area contributed by atoms with Gasteiger partial charge in [0.25, 0.3) is 0 Å². The largest absolute Gasteiger partial charge is 0.306 e. The van der Waals surface area contributed by atoms with E-state index in [-0.39, 0.29) is 5.78 Å². The Kier molecular flexibility index (Phi) is 6.15. The zero-order chi connectivity index (χ0) is 15.1. The number of Topliss-reactive ketones (excluding diaryl/α,β-unsaturated/α-hetero) is 1. The summed E-state index contributed by atoms with van der Waals surface area (Å²) < 4.78 is 0.877. The normalized spacial score (nSPS) is 10.8. The Morgan fingerprint density at radius 2 is 1.67 bits per heavy atom. The second kappa shape index (κ2) is 8.11. The summed E-state index contributed by atoms with van der Waals surface area (Å²) in [4.78, 5) is 14.4. The number of halogens is 1. The molecule has 0 aliphatic carbocycles. The zero-order valence-corrected chi connectivity index (χ0v) is 13.8. The Hall–Kier alpha value is -1.45. The molecule has 2 rings (SSSR count). The molecule has 110 valence electrons. The van der Waals surface area contributed by atoms with Crippen molar-refractivity contribution >= 4 is 21.7 Å². The van der Waals surface area contributed by atoms with Crippen LogP contribution in [0.4, 0.5) is 0 Å². The van der Waals surface area contributed by atoms with Gasteiger partial charge in [-0.1, -0.05) is 64.5 Å². The van der Waals surface area contributed by atoms with Crippen molar-refractivity contribution < 1.29 is 4.79 Å². The lowest BCUT2D eigenvalue weighted by Gasteiger charge is -2.16. The van der Waals surface area contributed by atoms with Crippen LogP contribution in [0.15, 0.2) is 59.1 Å². The minimum atomic E-state index is 0.189. The standard InChI is InChI=1S/C18H20BrNO/c1-20(13-11-15-7-3-2-4-8-15)14-12-18(21)16-9-5-6-10-17(16)19/h2-10H,11-14H2,1H3. The quantitative estimate of drug-likeness (QED) is 0.701. The number of nitrogens with zero attached hydrogens (tertiary/aromatic N) is 1. The SMILES string of the molecule is CN(CCC(=O)c1ccccc1Br)CCc1ccccc1. The predicted octanol–water partition coefficient (Wildman–Crippen LogP) is 4.20. The van der Waals surface area contributed by atoms with Crippen LogP contribution < -0.4 is 0 Å². The maximum atomic E-state index is 12.2. The lowest BCUT2D eigenvalue weighted by Crippen LogP contribution is -2.24. The number of ketones is 1. The first-order valence-electron chi connectivity index (χ1n) is 7.17. The highest BCUT2D eigenvalue weighted by atomic mass is 79.9. The van der Waals surface area contributed by atoms with E-state index in [1.165, 1.54) is 5.56 Å². The van der Waals surface area contributed by atoms with Gasteiger partial charge >= 0.3 is 0 Å². The molecule has 0 radical (unpaired) electrons. The van der Waals surface area contributed by atoms with Crippen LogP contribution in [0, 0.1) is 0 Å². The number of benzene rings is 2. The topological polar surface area (TPSA) is 20.3 Å². The Bertz CT molecular complexity index is 583. The summed E-state index contributed by atoms with van der Waals surface area (Å²) in [5, 5.41) is 0. The van der Waals surface area contributed by atoms with Crippen LogP contribution >= 0.6 is 15.9 Å². The molecule has 0 spiro atoms. The number of rotatable bonds is 7. The van der Waals surface area contributed by atoms with E-state index in [1.54, 1.807) is 0 Å². The van der Waals surface area contributed by atoms with Gasteiger partial charge in [-0.25, -0.2) is 0 Å². The predicted molar refractivity (Wildman–Crippen MR) is 90.7 cm³/mol. The molecule has 0 atom stereocenters. The Balaban J connectivity index is 1.77. The molecule has 2 aromatic carbocycles. The van der Waals surface area contributed by atoms with Crippen molar-refractivity contribution in [2.75, 3.05) is 20.1 Å². The van der Waals surface area contributed by atoms with Crippen LogP contribution in [-0.4, -0.2) is 30.8 Å². The van der Waals surface area contributed by atoms with E-state index in [1.807, 2.05) is 30.3 Å². The van der Waals surface area contributed by atoms with Gasteiger partial charge in [-0.2, -0.15) is 0 Å². The van der Waals surface area contributed by atoms with Crippen molar-refractivity contribution in [2.24, 2.45) is 0 Å². The number of hydrogen-bond donors (Lipinski definition) is 0. The molecular formula is C18H20BrNO. The summed E-state index contributed by atoms with van der Waals surface area (Å²) in [5.74, 6) is 0.189. The van der Waals surface area contributed by atoms with Crippen molar-refractivity contribution in [3.8, 4) is 0 Å². The average molecular weight is 346 g/mol. The molecular weight excluding hydrogens is 326 g/mol. The molecule has 2 aromatic rings. The fourth-order valence-electron chi connectivity index (χ4n) is 2.19. The highest BCUT2D eigenvalue weighted by molar-refractivity contribution is 9.10. The second-order valence-corrected chi connectivity index (χ2v) is 6.05. The molecule has 0 aliphatic heterocycles. The molecule has 0 aliphatic rings. The van der Waals surface area contributed by atoms with E-state index >= 15 is 0 Å². The number of carbonyl (C=O) groups is 1. The summed E-state index contributed by atoms with van der Waals surface area (Å²) in [7, 11) is 2.07. The number of carbonyl (C=O) groups excluding carboxylic acids is 1. The van der Waals surface area contributed by atoms with Crippen molar-refractivity contribution in [3.05, 3.63) is 70.2 Å². The minimum absolute atomic E-state index is 0.189. The van der Waals surface area contributed by atoms with Gasteiger partial charge in [-0.15, -0.1) is 0 Å². The molecule has 0 N–H and O–H groups in total. The summed E-state index contributed by atoms with van der Waals surface area (Å²) >= 11 is 3.43. The summed E-state index contributed by atoms with van der Waals surface area (Å²) in [6.45, 7) is 1.75. The number of likely N-dealkylation sites (N-methyl/N-ethyl adjacent to an activating group) is 1. The number of hydrogen-bond acceptors (Lipinski definition) is 2. The first-order chi connectivity index (χ1) is 10.2. The third-order valence-electron chi connectivity index (χ3n) is 3.52. The highest BCUT2D eigenvalue weighted by Gasteiger charge is 2.10. The van der Waals surface area contributed by atoms with Crippen LogP contribution in [0.5, 0.6) is 0 Å². The third kappa shape index (κ3) is 5.10. The molecule has 0 unspecified atom stereocenters. The highest BCUT2D eigenvalue weighted by Crippen LogP contribution is 2.17. The third-order valence-corrected chi connectivity index (χ3v) is 4.21. The van der Waals surface area contributed by atoms with Gasteiger partial charge in [0.2, 0.25) is 0 Å². The molecule has 2 nitrogen and oxygen atoms in total. The molecule has 3 heteroatoms. The molecule has 0 aromatic heterocycles. The lowest BCUT2D eigenvalue weighted by molar-refractivity contribution is 0.0968. The van der Waals surface area contributed by atoms with Gasteiger partial charge in [0.15, 0.2) is 5.78 Å². The van der Waals surface area contributed by atoms with Gasteiger partial charge in [0.1, 0.15) is 0 Å². The Labute approximate surface area is 134 Å². The monoisotopic (exact) mass is 345 g/mol. The molecule has 0 fully saturated rings. The average Bonchev–Trinajstić information content (AvgIpc) is 2.52. The molecule has 0 saturated heterocycles. The van der Waals surface area contributed by atoms with Gasteiger partial charge in [-0.3, -0.25) is 4.79 Å². The molecule has 0 bridgehead atoms. The zero-order valence-electron chi connectivity index (χ0n) is 12.3. The van der Waals surface area contributed by atoms with Crippen molar-refractivity contribution in [3.63, 3.8) is 0 Å². The summed E-state index contributed by atoms with van der Waals surface area (Å²) in [5.41, 5.74) is 2.11. The van der Waals surface area contributed by atoms with Gasteiger partial charge in [0, 0.05) is 29.5 Å². The van der Waals surface area contributed by atoms with Crippen LogP contribution in [-0.2, 0) is 6.42 Å². The van der Waals surface area contributed by atoms with E-state index in [9.17, 15) is 4.79 Å². The molecule has 0 heterocycles. The molecule has 21 heavy (non-hydrogen) atoms. The Morgan fingerprint density at radius 1 is 1.00 bits per heavy atom. The lowest BCUT2D eigenvalue weighted by atomic mass is 10.1. The Morgan fingerprint density at radius 3 is 2.38 bits per heavy atom. The van der Waals surface area contributed by atoms with E-state index < -0.39 is 0 Å². The molecule has 0 saturated carbocycles.